The Morgan fingerprint density at radius 1 is 1.38 bits per heavy atom. The first-order valence-electron chi connectivity index (χ1n) is 4.98. The van der Waals surface area contributed by atoms with Crippen LogP contribution in [0.1, 0.15) is 17.0 Å². The van der Waals surface area contributed by atoms with Crippen LogP contribution >= 0.6 is 23.1 Å². The van der Waals surface area contributed by atoms with Gasteiger partial charge in [0.05, 0.1) is 0 Å². The van der Waals surface area contributed by atoms with Crippen LogP contribution in [0.15, 0.2) is 18.2 Å². The van der Waals surface area contributed by atoms with Crippen LogP contribution in [-0.4, -0.2) is 9.36 Å². The van der Waals surface area contributed by atoms with E-state index in [0.29, 0.717) is 5.13 Å². The lowest BCUT2D eigenvalue weighted by Gasteiger charge is -2.02. The van der Waals surface area contributed by atoms with Crippen molar-refractivity contribution < 1.29 is 0 Å². The quantitative estimate of drug-likeness (QED) is 0.915. The maximum Gasteiger partial charge on any atom is 0.199 e. The number of rotatable bonds is 3. The Hall–Kier alpha value is -1.13. The lowest BCUT2D eigenvalue weighted by atomic mass is 10.1. The highest BCUT2D eigenvalue weighted by molar-refractivity contribution is 7.09. The minimum absolute atomic E-state index is 0.530. The summed E-state index contributed by atoms with van der Waals surface area (Å²) in [6.45, 7) is 2.00. The van der Waals surface area contributed by atoms with E-state index < -0.39 is 0 Å². The van der Waals surface area contributed by atoms with E-state index in [0.717, 1.165) is 29.3 Å². The van der Waals surface area contributed by atoms with Crippen molar-refractivity contribution in [3.8, 4) is 0 Å². The fourth-order valence-corrected chi connectivity index (χ4v) is 2.08. The number of hydrogen-bond donors (Lipinski definition) is 1. The van der Waals surface area contributed by atoms with Crippen molar-refractivity contribution in [2.75, 3.05) is 5.73 Å². The van der Waals surface area contributed by atoms with E-state index in [1.54, 1.807) is 0 Å². The number of aryl methyl sites for hydroxylation is 3. The van der Waals surface area contributed by atoms with E-state index in [4.69, 9.17) is 17.3 Å². The number of hydrogen-bond acceptors (Lipinski definition) is 4. The van der Waals surface area contributed by atoms with Crippen molar-refractivity contribution >= 4 is 28.3 Å². The molecule has 5 heteroatoms. The molecule has 0 amide bonds. The van der Waals surface area contributed by atoms with Crippen molar-refractivity contribution in [2.24, 2.45) is 0 Å². The summed E-state index contributed by atoms with van der Waals surface area (Å²) in [5.74, 6) is 0.815. The van der Waals surface area contributed by atoms with Gasteiger partial charge in [0.2, 0.25) is 0 Å². The molecule has 1 aromatic carbocycles. The Bertz CT molecular complexity index is 496. The highest BCUT2D eigenvalue weighted by Crippen LogP contribution is 2.17. The van der Waals surface area contributed by atoms with Crippen LogP contribution in [-0.2, 0) is 12.8 Å². The lowest BCUT2D eigenvalue weighted by Crippen LogP contribution is -1.94. The fraction of sp³-hybridized carbons (Fsp3) is 0.273. The van der Waals surface area contributed by atoms with Crippen molar-refractivity contribution in [3.05, 3.63) is 40.2 Å². The Kier molecular flexibility index (Phi) is 3.41. The summed E-state index contributed by atoms with van der Waals surface area (Å²) in [4.78, 5) is 4.12. The summed E-state index contributed by atoms with van der Waals surface area (Å²) >= 11 is 7.20. The predicted octanol–water partition coefficient (Wildman–Crippen LogP) is 2.87. The fourth-order valence-electron chi connectivity index (χ4n) is 1.49. The van der Waals surface area contributed by atoms with Crippen LogP contribution in [0, 0.1) is 6.92 Å². The molecule has 0 bridgehead atoms. The van der Waals surface area contributed by atoms with Gasteiger partial charge in [-0.15, -0.1) is 0 Å². The van der Waals surface area contributed by atoms with Gasteiger partial charge in [-0.1, -0.05) is 23.7 Å². The van der Waals surface area contributed by atoms with Gasteiger partial charge in [-0.3, -0.25) is 0 Å². The number of nitrogens with zero attached hydrogens (tertiary/aromatic N) is 2. The molecule has 2 N–H and O–H groups in total. The second kappa shape index (κ2) is 4.80. The summed E-state index contributed by atoms with van der Waals surface area (Å²) < 4.78 is 4.15. The average Bonchev–Trinajstić information content (AvgIpc) is 2.66. The maximum atomic E-state index is 5.96. The molecule has 0 aliphatic heterocycles. The summed E-state index contributed by atoms with van der Waals surface area (Å²) in [5.41, 5.74) is 7.87. The molecule has 2 rings (SSSR count). The highest BCUT2D eigenvalue weighted by Gasteiger charge is 2.03. The summed E-state index contributed by atoms with van der Waals surface area (Å²) in [7, 11) is 0. The smallest absolute Gasteiger partial charge is 0.199 e. The normalized spacial score (nSPS) is 10.6. The van der Waals surface area contributed by atoms with Gasteiger partial charge in [-0.25, -0.2) is 4.98 Å². The number of halogens is 1. The van der Waals surface area contributed by atoms with E-state index in [1.807, 2.05) is 19.1 Å². The van der Waals surface area contributed by atoms with Crippen LogP contribution in [0.2, 0.25) is 5.02 Å². The molecular weight excluding hydrogens is 242 g/mol. The predicted molar refractivity (Wildman–Crippen MR) is 67.9 cm³/mol. The SMILES string of the molecule is Cc1cc(CCc2nsc(N)n2)ccc1Cl. The molecule has 3 nitrogen and oxygen atoms in total. The molecule has 0 unspecified atom stereocenters. The monoisotopic (exact) mass is 253 g/mol. The highest BCUT2D eigenvalue weighted by atomic mass is 35.5. The number of nitrogen functional groups attached to an aromatic ring is 1. The Balaban J connectivity index is 2.02. The van der Waals surface area contributed by atoms with Gasteiger partial charge in [0.15, 0.2) is 5.13 Å². The molecule has 0 saturated heterocycles. The second-order valence-electron chi connectivity index (χ2n) is 3.63. The molecule has 2 aromatic rings. The Morgan fingerprint density at radius 3 is 2.81 bits per heavy atom. The summed E-state index contributed by atoms with van der Waals surface area (Å²) in [6.07, 6.45) is 1.73. The van der Waals surface area contributed by atoms with Crippen LogP contribution in [0.25, 0.3) is 0 Å². The third kappa shape index (κ3) is 2.71. The van der Waals surface area contributed by atoms with Gasteiger partial charge in [-0.05, 0) is 30.5 Å². The lowest BCUT2D eigenvalue weighted by molar-refractivity contribution is 0.890. The van der Waals surface area contributed by atoms with E-state index in [1.165, 1.54) is 17.1 Å². The number of anilines is 1. The molecule has 1 aromatic heterocycles. The van der Waals surface area contributed by atoms with Gasteiger partial charge < -0.3 is 5.73 Å². The number of nitrogens with two attached hydrogens (primary N) is 1. The first kappa shape index (κ1) is 11.4. The van der Waals surface area contributed by atoms with Gasteiger partial charge >= 0.3 is 0 Å². The summed E-state index contributed by atoms with van der Waals surface area (Å²) in [5, 5.41) is 1.34. The molecule has 0 radical (unpaired) electrons. The first-order chi connectivity index (χ1) is 7.65. The van der Waals surface area contributed by atoms with Crippen molar-refractivity contribution in [1.29, 1.82) is 0 Å². The van der Waals surface area contributed by atoms with Gasteiger partial charge in [0.1, 0.15) is 5.82 Å². The Labute approximate surface area is 103 Å². The summed E-state index contributed by atoms with van der Waals surface area (Å²) in [6, 6.07) is 6.05. The third-order valence-corrected chi connectivity index (χ3v) is 3.35. The topological polar surface area (TPSA) is 51.8 Å². The van der Waals surface area contributed by atoms with Crippen molar-refractivity contribution in [3.63, 3.8) is 0 Å². The van der Waals surface area contributed by atoms with Crippen LogP contribution in [0.5, 0.6) is 0 Å². The second-order valence-corrected chi connectivity index (χ2v) is 4.82. The maximum absolute atomic E-state index is 5.96. The first-order valence-corrected chi connectivity index (χ1v) is 6.13. The molecule has 0 spiro atoms. The molecule has 0 aliphatic rings. The minimum Gasteiger partial charge on any atom is -0.374 e. The van der Waals surface area contributed by atoms with E-state index in [2.05, 4.69) is 15.4 Å². The molecule has 0 atom stereocenters. The zero-order chi connectivity index (χ0) is 11.5. The molecular formula is C11H12ClN3S. The van der Waals surface area contributed by atoms with Crippen LogP contribution in [0.4, 0.5) is 5.13 Å². The van der Waals surface area contributed by atoms with Gasteiger partial charge in [0, 0.05) is 23.0 Å². The number of benzene rings is 1. The number of aromatic nitrogens is 2. The van der Waals surface area contributed by atoms with Crippen molar-refractivity contribution in [1.82, 2.24) is 9.36 Å². The van der Waals surface area contributed by atoms with E-state index in [-0.39, 0.29) is 0 Å². The Morgan fingerprint density at radius 2 is 2.19 bits per heavy atom. The molecule has 0 fully saturated rings. The third-order valence-electron chi connectivity index (χ3n) is 2.34. The van der Waals surface area contributed by atoms with Gasteiger partial charge in [0.25, 0.3) is 0 Å². The van der Waals surface area contributed by atoms with Crippen molar-refractivity contribution in [2.45, 2.75) is 19.8 Å². The average molecular weight is 254 g/mol. The van der Waals surface area contributed by atoms with Crippen LogP contribution < -0.4 is 5.73 Å². The molecule has 1 heterocycles. The minimum atomic E-state index is 0.530. The largest absolute Gasteiger partial charge is 0.374 e. The molecule has 0 aliphatic carbocycles. The van der Waals surface area contributed by atoms with Gasteiger partial charge in [-0.2, -0.15) is 4.37 Å². The standard InChI is InChI=1S/C11H12ClN3S/c1-7-6-8(2-4-9(7)12)3-5-10-14-11(13)16-15-10/h2,4,6H,3,5H2,1H3,(H2,13,14,15). The van der Waals surface area contributed by atoms with E-state index >= 15 is 0 Å². The van der Waals surface area contributed by atoms with E-state index in [9.17, 15) is 0 Å². The molecule has 0 saturated carbocycles. The zero-order valence-corrected chi connectivity index (χ0v) is 10.5. The molecule has 84 valence electrons. The molecule has 16 heavy (non-hydrogen) atoms. The zero-order valence-electron chi connectivity index (χ0n) is 8.90. The van der Waals surface area contributed by atoms with Crippen LogP contribution in [0.3, 0.4) is 0 Å².